The highest BCUT2D eigenvalue weighted by Gasteiger charge is 2.15. The van der Waals surface area contributed by atoms with Crippen molar-refractivity contribution in [1.29, 1.82) is 0 Å². The van der Waals surface area contributed by atoms with Gasteiger partial charge < -0.3 is 24.6 Å². The lowest BCUT2D eigenvalue weighted by Crippen LogP contribution is -2.36. The molecule has 1 atom stereocenters. The average molecular weight is 371 g/mol. The lowest BCUT2D eigenvalue weighted by atomic mass is 10.1. The van der Waals surface area contributed by atoms with Crippen LogP contribution in [0.25, 0.3) is 0 Å². The number of methoxy groups -OCH3 is 1. The summed E-state index contributed by atoms with van der Waals surface area (Å²) in [5.74, 6) is 1.14. The van der Waals surface area contributed by atoms with Crippen molar-refractivity contribution in [2.24, 2.45) is 0 Å². The number of carbonyl (C=O) groups is 1. The Morgan fingerprint density at radius 1 is 1.04 bits per heavy atom. The molecule has 0 aliphatic carbocycles. The van der Waals surface area contributed by atoms with E-state index in [4.69, 9.17) is 9.47 Å². The molecule has 6 heteroatoms. The largest absolute Gasteiger partial charge is 0.497 e. The average Bonchev–Trinajstić information content (AvgIpc) is 2.66. The quantitative estimate of drug-likeness (QED) is 0.734. The van der Waals surface area contributed by atoms with E-state index in [1.54, 1.807) is 19.2 Å². The van der Waals surface area contributed by atoms with Gasteiger partial charge in [0.25, 0.3) is 5.91 Å². The van der Waals surface area contributed by atoms with Gasteiger partial charge in [0.1, 0.15) is 11.5 Å². The van der Waals surface area contributed by atoms with Crippen LogP contribution in [0.4, 0.5) is 5.69 Å². The lowest BCUT2D eigenvalue weighted by Gasteiger charge is -2.25. The Kier molecular flexibility index (Phi) is 7.49. The zero-order valence-corrected chi connectivity index (χ0v) is 16.7. The number of amides is 1. The molecule has 2 aromatic carbocycles. The first-order valence-corrected chi connectivity index (χ1v) is 8.88. The molecule has 27 heavy (non-hydrogen) atoms. The Morgan fingerprint density at radius 3 is 2.30 bits per heavy atom. The van der Waals surface area contributed by atoms with Gasteiger partial charge in [-0.3, -0.25) is 4.79 Å². The molecule has 2 rings (SSSR count). The molecular formula is C21H29N3O3. The fraction of sp³-hybridized carbons (Fsp3) is 0.381. The van der Waals surface area contributed by atoms with E-state index < -0.39 is 0 Å². The first-order chi connectivity index (χ1) is 12.9. The van der Waals surface area contributed by atoms with E-state index in [-0.39, 0.29) is 18.6 Å². The number of nitrogens with zero attached hydrogens (tertiary/aromatic N) is 2. The molecule has 0 radical (unpaired) electrons. The third kappa shape index (κ3) is 6.18. The Balaban J connectivity index is 1.90. The summed E-state index contributed by atoms with van der Waals surface area (Å²) in [5.41, 5.74) is 2.30. The number of anilines is 1. The molecule has 0 fully saturated rings. The number of carbonyl (C=O) groups excluding carboxylic acids is 1. The summed E-state index contributed by atoms with van der Waals surface area (Å²) in [4.78, 5) is 16.3. The molecule has 0 aliphatic heterocycles. The van der Waals surface area contributed by atoms with Crippen molar-refractivity contribution < 1.29 is 14.3 Å². The van der Waals surface area contributed by atoms with Crippen molar-refractivity contribution in [3.63, 3.8) is 0 Å². The molecule has 2 aromatic rings. The second-order valence-corrected chi connectivity index (χ2v) is 6.74. The van der Waals surface area contributed by atoms with Crippen LogP contribution < -0.4 is 19.7 Å². The van der Waals surface area contributed by atoms with E-state index in [1.165, 1.54) is 0 Å². The predicted octanol–water partition coefficient (Wildman–Crippen LogP) is 2.56. The van der Waals surface area contributed by atoms with Crippen LogP contribution in [0.1, 0.15) is 11.6 Å². The summed E-state index contributed by atoms with van der Waals surface area (Å²) in [6, 6.07) is 15.6. The van der Waals surface area contributed by atoms with Crippen molar-refractivity contribution in [2.45, 2.75) is 6.04 Å². The molecule has 1 N–H and O–H groups in total. The van der Waals surface area contributed by atoms with Crippen LogP contribution in [-0.2, 0) is 4.79 Å². The van der Waals surface area contributed by atoms with Crippen LogP contribution in [0.2, 0.25) is 0 Å². The fourth-order valence-electron chi connectivity index (χ4n) is 2.69. The van der Waals surface area contributed by atoms with E-state index >= 15 is 0 Å². The van der Waals surface area contributed by atoms with Crippen molar-refractivity contribution in [3.8, 4) is 11.5 Å². The molecule has 0 aromatic heterocycles. The number of hydrogen-bond donors (Lipinski definition) is 1. The highest BCUT2D eigenvalue weighted by atomic mass is 16.5. The maximum atomic E-state index is 12.2. The normalized spacial score (nSPS) is 11.8. The third-order valence-electron chi connectivity index (χ3n) is 4.32. The number of ether oxygens (including phenoxy) is 2. The van der Waals surface area contributed by atoms with Crippen LogP contribution in [0.3, 0.4) is 0 Å². The van der Waals surface area contributed by atoms with Crippen molar-refractivity contribution >= 4 is 11.6 Å². The summed E-state index contributed by atoms with van der Waals surface area (Å²) >= 11 is 0. The molecule has 6 nitrogen and oxygen atoms in total. The number of rotatable bonds is 9. The van der Waals surface area contributed by atoms with Crippen molar-refractivity contribution in [2.75, 3.05) is 53.4 Å². The predicted molar refractivity (Wildman–Crippen MR) is 109 cm³/mol. The minimum absolute atomic E-state index is 0.0348. The van der Waals surface area contributed by atoms with Gasteiger partial charge in [-0.2, -0.15) is 0 Å². The second kappa shape index (κ2) is 9.83. The highest BCUT2D eigenvalue weighted by Crippen LogP contribution is 2.21. The summed E-state index contributed by atoms with van der Waals surface area (Å²) in [6.45, 7) is 0.474. The molecular weight excluding hydrogens is 342 g/mol. The smallest absolute Gasteiger partial charge is 0.258 e. The Hall–Kier alpha value is -2.73. The minimum atomic E-state index is -0.158. The highest BCUT2D eigenvalue weighted by molar-refractivity contribution is 5.77. The standard InChI is InChI=1S/C21H29N3O3/c1-23(2)17-11-9-16(10-12-17)20(24(3)4)14-22-21(25)15-27-19-8-6-7-18(13-19)26-5/h6-13,20H,14-15H2,1-5H3,(H,22,25). The van der Waals surface area contributed by atoms with Crippen LogP contribution in [-0.4, -0.2) is 59.3 Å². The lowest BCUT2D eigenvalue weighted by molar-refractivity contribution is -0.123. The third-order valence-corrected chi connectivity index (χ3v) is 4.32. The van der Waals surface area contributed by atoms with Gasteiger partial charge in [-0.1, -0.05) is 18.2 Å². The topological polar surface area (TPSA) is 54.0 Å². The second-order valence-electron chi connectivity index (χ2n) is 6.74. The van der Waals surface area contributed by atoms with E-state index in [1.807, 2.05) is 40.3 Å². The Morgan fingerprint density at radius 2 is 1.70 bits per heavy atom. The van der Waals surface area contributed by atoms with E-state index in [9.17, 15) is 4.79 Å². The fourth-order valence-corrected chi connectivity index (χ4v) is 2.69. The molecule has 0 aliphatic rings. The maximum Gasteiger partial charge on any atom is 0.258 e. The summed E-state index contributed by atoms with van der Waals surface area (Å²) in [5, 5.41) is 2.95. The van der Waals surface area contributed by atoms with Crippen molar-refractivity contribution in [3.05, 3.63) is 54.1 Å². The number of hydrogen-bond acceptors (Lipinski definition) is 5. The van der Waals surface area contributed by atoms with Crippen LogP contribution >= 0.6 is 0 Å². The van der Waals surface area contributed by atoms with Gasteiger partial charge in [0.2, 0.25) is 0 Å². The van der Waals surface area contributed by atoms with Crippen LogP contribution in [0.15, 0.2) is 48.5 Å². The Labute approximate surface area is 161 Å². The molecule has 0 spiro atoms. The van der Waals surface area contributed by atoms with Crippen LogP contribution in [0, 0.1) is 0 Å². The zero-order chi connectivity index (χ0) is 19.8. The van der Waals surface area contributed by atoms with Gasteiger partial charge in [0.05, 0.1) is 13.2 Å². The number of likely N-dealkylation sites (N-methyl/N-ethyl adjacent to an activating group) is 1. The van der Waals surface area contributed by atoms with E-state index in [0.29, 0.717) is 18.0 Å². The monoisotopic (exact) mass is 371 g/mol. The van der Waals surface area contributed by atoms with Crippen LogP contribution in [0.5, 0.6) is 11.5 Å². The molecule has 0 heterocycles. The molecule has 0 bridgehead atoms. The molecule has 0 saturated heterocycles. The molecule has 1 amide bonds. The maximum absolute atomic E-state index is 12.2. The zero-order valence-electron chi connectivity index (χ0n) is 16.7. The molecule has 0 saturated carbocycles. The number of nitrogens with one attached hydrogen (secondary N) is 1. The van der Waals surface area contributed by atoms with E-state index in [2.05, 4.69) is 39.4 Å². The first-order valence-electron chi connectivity index (χ1n) is 8.88. The van der Waals surface area contributed by atoms with Gasteiger partial charge in [0.15, 0.2) is 6.61 Å². The summed E-state index contributed by atoms with van der Waals surface area (Å²) in [7, 11) is 9.63. The van der Waals surface area contributed by atoms with Crippen molar-refractivity contribution in [1.82, 2.24) is 10.2 Å². The summed E-state index contributed by atoms with van der Waals surface area (Å²) < 4.78 is 10.7. The summed E-state index contributed by atoms with van der Waals surface area (Å²) in [6.07, 6.45) is 0. The van der Waals surface area contributed by atoms with Gasteiger partial charge in [-0.05, 0) is 43.9 Å². The minimum Gasteiger partial charge on any atom is -0.497 e. The van der Waals surface area contributed by atoms with E-state index in [0.717, 1.165) is 11.3 Å². The Bertz CT molecular complexity index is 730. The number of benzene rings is 2. The van der Waals surface area contributed by atoms with Gasteiger partial charge in [-0.15, -0.1) is 0 Å². The van der Waals surface area contributed by atoms with Gasteiger partial charge >= 0.3 is 0 Å². The SMILES string of the molecule is COc1cccc(OCC(=O)NCC(c2ccc(N(C)C)cc2)N(C)C)c1. The molecule has 1 unspecified atom stereocenters. The first kappa shape index (κ1) is 20.6. The molecule has 146 valence electrons. The van der Waals surface area contributed by atoms with Gasteiger partial charge in [0, 0.05) is 32.4 Å². The van der Waals surface area contributed by atoms with Gasteiger partial charge in [-0.25, -0.2) is 0 Å².